The van der Waals surface area contributed by atoms with E-state index in [1.54, 1.807) is 0 Å². The fourth-order valence-electron chi connectivity index (χ4n) is 1.65. The molecule has 2 heterocycles. The molecule has 0 amide bonds. The summed E-state index contributed by atoms with van der Waals surface area (Å²) in [6.45, 7) is 8.42. The van der Waals surface area contributed by atoms with E-state index in [9.17, 15) is 0 Å². The highest BCUT2D eigenvalue weighted by atomic mass is 79.9. The van der Waals surface area contributed by atoms with Crippen molar-refractivity contribution in [2.45, 2.75) is 33.9 Å². The molecule has 0 fully saturated rings. The highest BCUT2D eigenvalue weighted by Gasteiger charge is 2.04. The van der Waals surface area contributed by atoms with Crippen molar-refractivity contribution in [3.8, 4) is 0 Å². The van der Waals surface area contributed by atoms with Gasteiger partial charge in [0, 0.05) is 37.1 Å². The van der Waals surface area contributed by atoms with Crippen LogP contribution in [0.3, 0.4) is 0 Å². The third-order valence-electron chi connectivity index (χ3n) is 2.72. The van der Waals surface area contributed by atoms with E-state index in [0.29, 0.717) is 0 Å². The second kappa shape index (κ2) is 5.65. The number of hydrogen-bond acceptors (Lipinski definition) is 3. The molecule has 2 rings (SSSR count). The maximum atomic E-state index is 3.55. The van der Waals surface area contributed by atoms with Gasteiger partial charge in [0.05, 0.1) is 0 Å². The van der Waals surface area contributed by atoms with E-state index in [2.05, 4.69) is 54.2 Å². The zero-order chi connectivity index (χ0) is 12.4. The van der Waals surface area contributed by atoms with Crippen molar-refractivity contribution in [2.75, 3.05) is 0 Å². The molecule has 2 aromatic rings. The van der Waals surface area contributed by atoms with Crippen LogP contribution in [0.1, 0.15) is 25.1 Å². The number of rotatable bonds is 4. The summed E-state index contributed by atoms with van der Waals surface area (Å²) >= 11 is 7.29. The summed E-state index contributed by atoms with van der Waals surface area (Å²) in [6, 6.07) is 4.49. The van der Waals surface area contributed by atoms with E-state index in [4.69, 9.17) is 0 Å². The van der Waals surface area contributed by atoms with Crippen molar-refractivity contribution in [2.24, 2.45) is 0 Å². The quantitative estimate of drug-likeness (QED) is 0.850. The minimum absolute atomic E-state index is 0.951. The van der Waals surface area contributed by atoms with Crippen molar-refractivity contribution in [3.63, 3.8) is 0 Å². The second-order valence-electron chi connectivity index (χ2n) is 4.17. The van der Waals surface area contributed by atoms with Gasteiger partial charge in [-0.15, -0.1) is 22.7 Å². The van der Waals surface area contributed by atoms with Gasteiger partial charge in [-0.2, -0.15) is 0 Å². The number of hydrogen-bond donors (Lipinski definition) is 1. The lowest BCUT2D eigenvalue weighted by molar-refractivity contribution is 0.708. The zero-order valence-electron chi connectivity index (χ0n) is 10.3. The minimum Gasteiger partial charge on any atom is -0.307 e. The number of halogens is 1. The fraction of sp³-hybridized carbons (Fsp3) is 0.385. The highest BCUT2D eigenvalue weighted by molar-refractivity contribution is 9.10. The first-order valence-electron chi connectivity index (χ1n) is 5.57. The highest BCUT2D eigenvalue weighted by Crippen LogP contribution is 2.26. The topological polar surface area (TPSA) is 12.0 Å². The number of aryl methyl sites for hydroxylation is 3. The number of nitrogens with one attached hydrogen (secondary N) is 1. The molecule has 0 spiro atoms. The van der Waals surface area contributed by atoms with Gasteiger partial charge in [-0.3, -0.25) is 0 Å². The van der Waals surface area contributed by atoms with Crippen LogP contribution >= 0.6 is 38.6 Å². The van der Waals surface area contributed by atoms with Crippen LogP contribution in [0.2, 0.25) is 0 Å². The van der Waals surface area contributed by atoms with Crippen molar-refractivity contribution in [1.82, 2.24) is 5.32 Å². The number of thiophene rings is 2. The first kappa shape index (κ1) is 13.3. The summed E-state index contributed by atoms with van der Waals surface area (Å²) < 4.78 is 1.22. The van der Waals surface area contributed by atoms with Gasteiger partial charge in [-0.25, -0.2) is 0 Å². The van der Waals surface area contributed by atoms with E-state index in [-0.39, 0.29) is 0 Å². The van der Waals surface area contributed by atoms with Gasteiger partial charge in [0.25, 0.3) is 0 Å². The van der Waals surface area contributed by atoms with Crippen LogP contribution in [0.25, 0.3) is 0 Å². The third-order valence-corrected chi connectivity index (χ3v) is 6.01. The maximum absolute atomic E-state index is 3.55. The van der Waals surface area contributed by atoms with Gasteiger partial charge in [-0.1, -0.05) is 0 Å². The van der Waals surface area contributed by atoms with Crippen molar-refractivity contribution >= 4 is 38.6 Å². The van der Waals surface area contributed by atoms with E-state index >= 15 is 0 Å². The molecule has 2 aromatic heterocycles. The minimum atomic E-state index is 0.951. The lowest BCUT2D eigenvalue weighted by atomic mass is 10.3. The summed E-state index contributed by atoms with van der Waals surface area (Å²) in [5.41, 5.74) is 1.40. The van der Waals surface area contributed by atoms with E-state index in [1.807, 2.05) is 22.7 Å². The fourth-order valence-corrected chi connectivity index (χ4v) is 4.25. The summed E-state index contributed by atoms with van der Waals surface area (Å²) in [6.07, 6.45) is 0. The Hall–Kier alpha value is -0.160. The molecule has 1 nitrogen and oxygen atoms in total. The van der Waals surface area contributed by atoms with Crippen molar-refractivity contribution in [3.05, 3.63) is 41.7 Å². The Labute approximate surface area is 119 Å². The molecule has 0 aliphatic heterocycles. The average Bonchev–Trinajstić information content (AvgIpc) is 2.73. The monoisotopic (exact) mass is 329 g/mol. The molecule has 92 valence electrons. The molecule has 0 aromatic carbocycles. The summed E-state index contributed by atoms with van der Waals surface area (Å²) in [5.74, 6) is 0. The van der Waals surface area contributed by atoms with Crippen LogP contribution < -0.4 is 5.32 Å². The molecule has 0 saturated carbocycles. The lowest BCUT2D eigenvalue weighted by Crippen LogP contribution is -2.10. The summed E-state index contributed by atoms with van der Waals surface area (Å²) in [7, 11) is 0. The standard InChI is InChI=1S/C13H16BrNS2/c1-8-4-11(16-9(8)2)6-15-7-12-5-13(14)10(3)17-12/h4-5,15H,6-7H2,1-3H3. The Morgan fingerprint density at radius 3 is 2.06 bits per heavy atom. The first-order chi connectivity index (χ1) is 8.06. The zero-order valence-corrected chi connectivity index (χ0v) is 13.5. The van der Waals surface area contributed by atoms with Gasteiger partial charge in [0.2, 0.25) is 0 Å². The molecule has 0 atom stereocenters. The molecule has 0 aliphatic carbocycles. The molecule has 0 bridgehead atoms. The van der Waals surface area contributed by atoms with Crippen molar-refractivity contribution in [1.29, 1.82) is 0 Å². The lowest BCUT2D eigenvalue weighted by Gasteiger charge is -1.99. The summed E-state index contributed by atoms with van der Waals surface area (Å²) in [5, 5.41) is 3.50. The molecule has 0 radical (unpaired) electrons. The molecule has 0 saturated heterocycles. The third kappa shape index (κ3) is 3.41. The van der Waals surface area contributed by atoms with Gasteiger partial charge >= 0.3 is 0 Å². The van der Waals surface area contributed by atoms with Crippen LogP contribution in [0.4, 0.5) is 0 Å². The van der Waals surface area contributed by atoms with Crippen molar-refractivity contribution < 1.29 is 0 Å². The maximum Gasteiger partial charge on any atom is 0.0314 e. The van der Waals surface area contributed by atoms with Crippen LogP contribution in [0.5, 0.6) is 0 Å². The second-order valence-corrected chi connectivity index (χ2v) is 7.71. The Kier molecular flexibility index (Phi) is 4.42. The van der Waals surface area contributed by atoms with Crippen LogP contribution in [0, 0.1) is 20.8 Å². The van der Waals surface area contributed by atoms with Gasteiger partial charge < -0.3 is 5.32 Å². The van der Waals surface area contributed by atoms with Gasteiger partial charge in [0.1, 0.15) is 0 Å². The van der Waals surface area contributed by atoms with Crippen LogP contribution in [0.15, 0.2) is 16.6 Å². The predicted octanol–water partition coefficient (Wildman–Crippen LogP) is 4.79. The normalized spacial score (nSPS) is 11.1. The molecule has 0 aliphatic rings. The van der Waals surface area contributed by atoms with E-state index in [1.165, 1.54) is 29.5 Å². The Morgan fingerprint density at radius 2 is 1.59 bits per heavy atom. The molecular formula is C13H16BrNS2. The predicted molar refractivity (Wildman–Crippen MR) is 81.1 cm³/mol. The summed E-state index contributed by atoms with van der Waals surface area (Å²) in [4.78, 5) is 5.59. The molecule has 4 heteroatoms. The molecule has 17 heavy (non-hydrogen) atoms. The Morgan fingerprint density at radius 1 is 1.00 bits per heavy atom. The largest absolute Gasteiger partial charge is 0.307 e. The van der Waals surface area contributed by atoms with Crippen LogP contribution in [-0.2, 0) is 13.1 Å². The average molecular weight is 330 g/mol. The first-order valence-corrected chi connectivity index (χ1v) is 8.00. The van der Waals surface area contributed by atoms with Gasteiger partial charge in [-0.05, 0) is 54.4 Å². The van der Waals surface area contributed by atoms with E-state index < -0.39 is 0 Å². The Bertz CT molecular complexity index is 428. The van der Waals surface area contributed by atoms with Crippen LogP contribution in [-0.4, -0.2) is 0 Å². The smallest absolute Gasteiger partial charge is 0.0314 e. The molecule has 1 N–H and O–H groups in total. The molecular weight excluding hydrogens is 314 g/mol. The Balaban J connectivity index is 1.87. The molecule has 0 unspecified atom stereocenters. The SMILES string of the molecule is Cc1cc(CNCc2cc(Br)c(C)s2)sc1C. The van der Waals surface area contributed by atoms with Gasteiger partial charge in [0.15, 0.2) is 0 Å². The van der Waals surface area contributed by atoms with E-state index in [0.717, 1.165) is 13.1 Å².